The largest absolute Gasteiger partial charge is 0.324 e. The van der Waals surface area contributed by atoms with Gasteiger partial charge in [0.05, 0.1) is 0 Å². The van der Waals surface area contributed by atoms with Gasteiger partial charge in [0.2, 0.25) is 0 Å². The van der Waals surface area contributed by atoms with Gasteiger partial charge in [-0.1, -0.05) is 18.2 Å². The number of carbonyl (C=O) groups is 3. The Morgan fingerprint density at radius 3 is 2.46 bits per heavy atom. The average molecular weight is 397 g/mol. The second kappa shape index (κ2) is 9.06. The molecule has 0 spiro atoms. The average Bonchev–Trinajstić information content (AvgIpc) is 2.73. The summed E-state index contributed by atoms with van der Waals surface area (Å²) in [5, 5.41) is 2.86. The highest BCUT2D eigenvalue weighted by atomic mass is 32.2. The summed E-state index contributed by atoms with van der Waals surface area (Å²) in [4.78, 5) is 39.7. The molecule has 0 aliphatic carbocycles. The monoisotopic (exact) mass is 396 g/mol. The molecule has 0 unspecified atom stereocenters. The van der Waals surface area contributed by atoms with Crippen molar-refractivity contribution >= 4 is 35.0 Å². The highest BCUT2D eigenvalue weighted by Crippen LogP contribution is 2.27. The Bertz CT molecular complexity index is 880. The minimum absolute atomic E-state index is 0.0132. The maximum absolute atomic E-state index is 13.0. The van der Waals surface area contributed by atoms with Crippen LogP contribution in [0.15, 0.2) is 53.4 Å². The number of likely N-dealkylation sites (tertiary alicyclic amines) is 1. The quantitative estimate of drug-likeness (QED) is 0.586. The van der Waals surface area contributed by atoms with Gasteiger partial charge in [0.15, 0.2) is 11.6 Å². The third kappa shape index (κ3) is 4.62. The van der Waals surface area contributed by atoms with Crippen LogP contribution in [-0.4, -0.2) is 41.8 Å². The molecule has 2 amide bonds. The lowest BCUT2D eigenvalue weighted by molar-refractivity contribution is 0.0848. The van der Waals surface area contributed by atoms with Gasteiger partial charge in [0, 0.05) is 40.7 Å². The van der Waals surface area contributed by atoms with Gasteiger partial charge in [-0.3, -0.25) is 9.59 Å². The van der Waals surface area contributed by atoms with E-state index in [4.69, 9.17) is 0 Å². The summed E-state index contributed by atoms with van der Waals surface area (Å²) < 4.78 is 0. The number of piperidine rings is 1. The number of amides is 2. The van der Waals surface area contributed by atoms with Crippen LogP contribution >= 0.6 is 11.8 Å². The van der Waals surface area contributed by atoms with Gasteiger partial charge in [0.25, 0.3) is 0 Å². The van der Waals surface area contributed by atoms with Crippen molar-refractivity contribution < 1.29 is 14.4 Å². The summed E-state index contributed by atoms with van der Waals surface area (Å²) in [6.45, 7) is 2.55. The number of Topliss-reactive ketones (excluding diaryl/α,β-unsaturated/α-hetero) is 2. The number of ketones is 2. The minimum Gasteiger partial charge on any atom is -0.324 e. The molecule has 3 rings (SSSR count). The fourth-order valence-electron chi connectivity index (χ4n) is 3.43. The van der Waals surface area contributed by atoms with E-state index >= 15 is 0 Å². The lowest BCUT2D eigenvalue weighted by Crippen LogP contribution is -2.44. The first-order chi connectivity index (χ1) is 13.5. The van der Waals surface area contributed by atoms with Crippen LogP contribution in [0.1, 0.15) is 40.5 Å². The third-order valence-corrected chi connectivity index (χ3v) is 5.79. The van der Waals surface area contributed by atoms with Crippen LogP contribution in [0.2, 0.25) is 0 Å². The summed E-state index contributed by atoms with van der Waals surface area (Å²) in [7, 11) is 0. The molecule has 2 aromatic rings. The zero-order valence-corrected chi connectivity index (χ0v) is 16.9. The number of thioether (sulfide) groups is 1. The smallest absolute Gasteiger partial charge is 0.321 e. The molecule has 0 saturated carbocycles. The molecule has 6 heteroatoms. The van der Waals surface area contributed by atoms with Crippen LogP contribution < -0.4 is 5.32 Å². The zero-order valence-electron chi connectivity index (χ0n) is 16.1. The van der Waals surface area contributed by atoms with Crippen molar-refractivity contribution in [2.75, 3.05) is 24.7 Å². The van der Waals surface area contributed by atoms with E-state index < -0.39 is 0 Å². The molecule has 1 heterocycles. The van der Waals surface area contributed by atoms with Crippen molar-refractivity contribution in [2.24, 2.45) is 5.92 Å². The van der Waals surface area contributed by atoms with E-state index in [1.165, 1.54) is 6.92 Å². The molecule has 0 radical (unpaired) electrons. The summed E-state index contributed by atoms with van der Waals surface area (Å²) in [6, 6.07) is 14.2. The molecule has 1 N–H and O–H groups in total. The molecule has 1 saturated heterocycles. The Morgan fingerprint density at radius 1 is 1.07 bits per heavy atom. The van der Waals surface area contributed by atoms with Crippen molar-refractivity contribution in [3.63, 3.8) is 0 Å². The molecule has 0 bridgehead atoms. The second-order valence-electron chi connectivity index (χ2n) is 6.91. The molecule has 146 valence electrons. The fourth-order valence-corrected chi connectivity index (χ4v) is 4.04. The van der Waals surface area contributed by atoms with Crippen LogP contribution in [0.5, 0.6) is 0 Å². The lowest BCUT2D eigenvalue weighted by Gasteiger charge is -2.32. The van der Waals surface area contributed by atoms with Gasteiger partial charge >= 0.3 is 6.03 Å². The number of urea groups is 1. The van der Waals surface area contributed by atoms with Crippen molar-refractivity contribution in [3.05, 3.63) is 59.7 Å². The number of hydrogen-bond acceptors (Lipinski definition) is 4. The SMILES string of the molecule is CSc1ccccc1C(=O)[C@@H]1CCCN(C(=O)Nc2ccc(C(C)=O)cc2)C1. The van der Waals surface area contributed by atoms with E-state index in [2.05, 4.69) is 5.32 Å². The van der Waals surface area contributed by atoms with Gasteiger partial charge in [-0.2, -0.15) is 0 Å². The molecule has 28 heavy (non-hydrogen) atoms. The van der Waals surface area contributed by atoms with Crippen molar-refractivity contribution in [2.45, 2.75) is 24.7 Å². The van der Waals surface area contributed by atoms with Crippen LogP contribution in [0, 0.1) is 5.92 Å². The zero-order chi connectivity index (χ0) is 20.1. The second-order valence-corrected chi connectivity index (χ2v) is 7.76. The maximum atomic E-state index is 13.0. The Balaban J connectivity index is 1.66. The molecule has 0 aromatic heterocycles. The number of carbonyl (C=O) groups excluding carboxylic acids is 3. The first kappa shape index (κ1) is 20.1. The number of anilines is 1. The molecule has 2 aromatic carbocycles. The summed E-state index contributed by atoms with van der Waals surface area (Å²) in [6.07, 6.45) is 3.55. The van der Waals surface area contributed by atoms with Crippen molar-refractivity contribution in [1.29, 1.82) is 0 Å². The Morgan fingerprint density at radius 2 is 1.79 bits per heavy atom. The van der Waals surface area contributed by atoms with E-state index in [1.54, 1.807) is 40.9 Å². The first-order valence-electron chi connectivity index (χ1n) is 9.33. The van der Waals surface area contributed by atoms with E-state index in [-0.39, 0.29) is 23.5 Å². The number of nitrogens with one attached hydrogen (secondary N) is 1. The van der Waals surface area contributed by atoms with E-state index in [1.807, 2.05) is 30.5 Å². The Hall–Kier alpha value is -2.60. The van der Waals surface area contributed by atoms with Gasteiger partial charge in [-0.05, 0) is 56.4 Å². The molecule has 1 aliphatic heterocycles. The predicted molar refractivity (Wildman–Crippen MR) is 112 cm³/mol. The molecule has 1 aliphatic rings. The summed E-state index contributed by atoms with van der Waals surface area (Å²) in [5.74, 6) is -0.0954. The lowest BCUT2D eigenvalue weighted by atomic mass is 9.90. The molecule has 1 fully saturated rings. The minimum atomic E-state index is -0.216. The normalized spacial score (nSPS) is 16.5. The first-order valence-corrected chi connectivity index (χ1v) is 10.6. The van der Waals surface area contributed by atoms with Gasteiger partial charge in [-0.15, -0.1) is 11.8 Å². The predicted octanol–water partition coefficient (Wildman–Crippen LogP) is 4.74. The fraction of sp³-hybridized carbons (Fsp3) is 0.318. The van der Waals surface area contributed by atoms with E-state index in [0.717, 1.165) is 23.3 Å². The van der Waals surface area contributed by atoms with Gasteiger partial charge < -0.3 is 10.2 Å². The topological polar surface area (TPSA) is 66.5 Å². The molecular formula is C22H24N2O3S. The van der Waals surface area contributed by atoms with Gasteiger partial charge in [0.1, 0.15) is 0 Å². The van der Waals surface area contributed by atoms with E-state index in [9.17, 15) is 14.4 Å². The summed E-state index contributed by atoms with van der Waals surface area (Å²) in [5.41, 5.74) is 1.98. The van der Waals surface area contributed by atoms with E-state index in [0.29, 0.717) is 24.3 Å². The molecule has 5 nitrogen and oxygen atoms in total. The highest BCUT2D eigenvalue weighted by molar-refractivity contribution is 7.98. The Kier molecular flexibility index (Phi) is 6.52. The number of hydrogen-bond donors (Lipinski definition) is 1. The van der Waals surface area contributed by atoms with Crippen molar-refractivity contribution in [3.8, 4) is 0 Å². The molecule has 1 atom stereocenters. The van der Waals surface area contributed by atoms with Crippen LogP contribution in [0.4, 0.5) is 10.5 Å². The third-order valence-electron chi connectivity index (χ3n) is 4.99. The standard InChI is InChI=1S/C22H24N2O3S/c1-15(25)16-9-11-18(12-10-16)23-22(27)24-13-5-6-17(14-24)21(26)19-7-3-4-8-20(19)28-2/h3-4,7-12,17H,5-6,13-14H2,1-2H3,(H,23,27)/t17-/m1/s1. The summed E-state index contributed by atoms with van der Waals surface area (Å²) >= 11 is 1.56. The van der Waals surface area contributed by atoms with Gasteiger partial charge in [-0.25, -0.2) is 4.79 Å². The maximum Gasteiger partial charge on any atom is 0.321 e. The number of benzene rings is 2. The van der Waals surface area contributed by atoms with Crippen molar-refractivity contribution in [1.82, 2.24) is 4.90 Å². The number of rotatable bonds is 5. The highest BCUT2D eigenvalue weighted by Gasteiger charge is 2.30. The van der Waals surface area contributed by atoms with Crippen LogP contribution in [0.25, 0.3) is 0 Å². The van der Waals surface area contributed by atoms with Crippen LogP contribution in [0.3, 0.4) is 0 Å². The number of nitrogens with zero attached hydrogens (tertiary/aromatic N) is 1. The molecular weight excluding hydrogens is 372 g/mol. The Labute approximate surface area is 169 Å². The van der Waals surface area contributed by atoms with Crippen LogP contribution in [-0.2, 0) is 0 Å².